The molecule has 0 aliphatic heterocycles. The van der Waals surface area contributed by atoms with Gasteiger partial charge in [-0.25, -0.2) is 0 Å². The quantitative estimate of drug-likeness (QED) is 0.648. The number of aliphatic hydroxyl groups is 1. The van der Waals surface area contributed by atoms with Crippen molar-refractivity contribution in [1.82, 2.24) is 0 Å². The van der Waals surface area contributed by atoms with Crippen LogP contribution < -0.4 is 0 Å². The van der Waals surface area contributed by atoms with E-state index < -0.39 is 5.60 Å². The Morgan fingerprint density at radius 2 is 1.69 bits per heavy atom. The molecule has 0 saturated carbocycles. The van der Waals surface area contributed by atoms with Crippen molar-refractivity contribution in [2.45, 2.75) is 26.4 Å². The Kier molecular flexibility index (Phi) is 2.22. The Bertz CT molecular complexity index is 312. The van der Waals surface area contributed by atoms with Gasteiger partial charge in [-0.2, -0.15) is 0 Å². The zero-order chi connectivity index (χ0) is 10.2. The fraction of sp³-hybridized carbons (Fsp3) is 0.400. The Labute approximate surface area is 76.8 Å². The molecule has 1 N–H and O–H groups in total. The van der Waals surface area contributed by atoms with Gasteiger partial charge in [0.1, 0.15) is 0 Å². The first-order chi connectivity index (χ1) is 5.87. The van der Waals surface area contributed by atoms with Gasteiger partial charge in [0.05, 0.1) is 0 Å². The average molecular weight is 180 g/mol. The lowest BCUT2D eigenvalue weighted by molar-refractivity contribution is -0.127. The summed E-state index contributed by atoms with van der Waals surface area (Å²) in [5.41, 5.74) is -0.752. The molecule has 0 aromatic carbocycles. The highest BCUT2D eigenvalue weighted by Crippen LogP contribution is 2.23. The van der Waals surface area contributed by atoms with E-state index in [9.17, 15) is 14.7 Å². The predicted molar refractivity (Wildman–Crippen MR) is 48.2 cm³/mol. The monoisotopic (exact) mass is 180 g/mol. The number of allylic oxidation sites excluding steroid dienone is 2. The van der Waals surface area contributed by atoms with Crippen LogP contribution in [-0.2, 0) is 9.59 Å². The van der Waals surface area contributed by atoms with Crippen LogP contribution in [0.1, 0.15) is 20.8 Å². The van der Waals surface area contributed by atoms with Crippen LogP contribution in [0, 0.1) is 0 Å². The van der Waals surface area contributed by atoms with Crippen LogP contribution in [0.15, 0.2) is 23.3 Å². The summed E-state index contributed by atoms with van der Waals surface area (Å²) in [6, 6.07) is 0. The van der Waals surface area contributed by atoms with Gasteiger partial charge in [0.2, 0.25) is 0 Å². The van der Waals surface area contributed by atoms with Gasteiger partial charge in [-0.3, -0.25) is 9.59 Å². The van der Waals surface area contributed by atoms with Gasteiger partial charge in [0, 0.05) is 0 Å². The predicted octanol–water partition coefficient (Wildman–Crippen LogP) is 0.782. The summed E-state index contributed by atoms with van der Waals surface area (Å²) < 4.78 is 0. The number of hydrogen-bond donors (Lipinski definition) is 1. The largest absolute Gasteiger partial charge is 0.374 e. The second kappa shape index (κ2) is 2.92. The van der Waals surface area contributed by atoms with Crippen molar-refractivity contribution in [2.75, 3.05) is 0 Å². The van der Waals surface area contributed by atoms with E-state index in [2.05, 4.69) is 0 Å². The molecular formula is C10H12O3. The van der Waals surface area contributed by atoms with Crippen molar-refractivity contribution in [3.05, 3.63) is 23.3 Å². The summed E-state index contributed by atoms with van der Waals surface area (Å²) in [7, 11) is 0. The highest BCUT2D eigenvalue weighted by molar-refractivity contribution is 6.11. The zero-order valence-corrected chi connectivity index (χ0v) is 7.92. The Morgan fingerprint density at radius 3 is 2.00 bits per heavy atom. The molecule has 1 aliphatic rings. The number of hydrogen-bond acceptors (Lipinski definition) is 3. The second-order valence-electron chi connectivity index (χ2n) is 3.37. The minimum absolute atomic E-state index is 0.120. The molecule has 0 saturated heterocycles. The molecule has 0 unspecified atom stereocenters. The lowest BCUT2D eigenvalue weighted by Gasteiger charge is -2.23. The van der Waals surface area contributed by atoms with Crippen molar-refractivity contribution >= 4 is 11.6 Å². The standard InChI is InChI=1S/C10H12O3/c1-6-4-10(13,8(3)11)5-7(2)9(6)12/h4-5,13H,1-3H3. The molecule has 0 heterocycles. The Balaban J connectivity index is 3.20. The summed E-state index contributed by atoms with van der Waals surface area (Å²) in [4.78, 5) is 22.3. The number of ketones is 2. The molecule has 1 rings (SSSR count). The van der Waals surface area contributed by atoms with E-state index in [0.29, 0.717) is 11.1 Å². The lowest BCUT2D eigenvalue weighted by atomic mass is 9.86. The molecule has 0 spiro atoms. The maximum atomic E-state index is 11.3. The van der Waals surface area contributed by atoms with Crippen LogP contribution in [-0.4, -0.2) is 22.3 Å². The summed E-state index contributed by atoms with van der Waals surface area (Å²) in [6.07, 6.45) is 2.59. The van der Waals surface area contributed by atoms with E-state index in [1.54, 1.807) is 13.8 Å². The minimum Gasteiger partial charge on any atom is -0.374 e. The maximum Gasteiger partial charge on any atom is 0.184 e. The third-order valence-electron chi connectivity index (χ3n) is 2.15. The van der Waals surface area contributed by atoms with Crippen LogP contribution in [0.25, 0.3) is 0 Å². The van der Waals surface area contributed by atoms with Crippen LogP contribution in [0.3, 0.4) is 0 Å². The van der Waals surface area contributed by atoms with Crippen molar-refractivity contribution in [2.24, 2.45) is 0 Å². The molecule has 0 amide bonds. The van der Waals surface area contributed by atoms with E-state index in [1.165, 1.54) is 19.1 Å². The molecule has 1 aliphatic carbocycles. The first kappa shape index (κ1) is 9.86. The number of Topliss-reactive ketones (excluding diaryl/α,β-unsaturated/α-hetero) is 2. The summed E-state index contributed by atoms with van der Waals surface area (Å²) in [5, 5.41) is 9.75. The van der Waals surface area contributed by atoms with Gasteiger partial charge in [0.15, 0.2) is 17.2 Å². The van der Waals surface area contributed by atoms with E-state index in [4.69, 9.17) is 0 Å². The molecule has 0 fully saturated rings. The number of rotatable bonds is 1. The SMILES string of the molecule is CC(=O)C1(O)C=C(C)C(=O)C(C)=C1. The van der Waals surface area contributed by atoms with Crippen LogP contribution in [0.5, 0.6) is 0 Å². The average Bonchev–Trinajstić information content (AvgIpc) is 2.00. The van der Waals surface area contributed by atoms with Gasteiger partial charge in [-0.05, 0) is 44.1 Å². The second-order valence-corrected chi connectivity index (χ2v) is 3.37. The molecule has 13 heavy (non-hydrogen) atoms. The van der Waals surface area contributed by atoms with Crippen molar-refractivity contribution in [3.63, 3.8) is 0 Å². The molecule has 0 atom stereocenters. The first-order valence-electron chi connectivity index (χ1n) is 4.04. The molecule has 3 heteroatoms. The van der Waals surface area contributed by atoms with Gasteiger partial charge in [0.25, 0.3) is 0 Å². The highest BCUT2D eigenvalue weighted by Gasteiger charge is 2.32. The molecule has 70 valence electrons. The minimum atomic E-state index is -1.58. The molecule has 0 bridgehead atoms. The molecule has 3 nitrogen and oxygen atoms in total. The van der Waals surface area contributed by atoms with Crippen LogP contribution >= 0.6 is 0 Å². The van der Waals surface area contributed by atoms with E-state index >= 15 is 0 Å². The van der Waals surface area contributed by atoms with Crippen molar-refractivity contribution < 1.29 is 14.7 Å². The van der Waals surface area contributed by atoms with Crippen LogP contribution in [0.2, 0.25) is 0 Å². The smallest absolute Gasteiger partial charge is 0.184 e. The molecular weight excluding hydrogens is 168 g/mol. The normalized spacial score (nSPS) is 20.8. The van der Waals surface area contributed by atoms with Crippen LogP contribution in [0.4, 0.5) is 0 Å². The first-order valence-corrected chi connectivity index (χ1v) is 4.04. The van der Waals surface area contributed by atoms with E-state index in [-0.39, 0.29) is 11.6 Å². The topological polar surface area (TPSA) is 54.4 Å². The number of carbonyl (C=O) groups excluding carboxylic acids is 2. The van der Waals surface area contributed by atoms with E-state index in [0.717, 1.165) is 0 Å². The maximum absolute atomic E-state index is 11.3. The molecule has 0 radical (unpaired) electrons. The summed E-state index contributed by atoms with van der Waals surface area (Å²) in [6.45, 7) is 4.48. The third kappa shape index (κ3) is 1.60. The van der Waals surface area contributed by atoms with Gasteiger partial charge in [-0.1, -0.05) is 0 Å². The fourth-order valence-corrected chi connectivity index (χ4v) is 1.35. The molecule has 0 aromatic heterocycles. The number of carbonyl (C=O) groups is 2. The highest BCUT2D eigenvalue weighted by atomic mass is 16.3. The van der Waals surface area contributed by atoms with Crippen molar-refractivity contribution in [3.8, 4) is 0 Å². The summed E-state index contributed by atoms with van der Waals surface area (Å²) in [5.74, 6) is -0.496. The van der Waals surface area contributed by atoms with Gasteiger partial charge < -0.3 is 5.11 Å². The van der Waals surface area contributed by atoms with Gasteiger partial charge in [-0.15, -0.1) is 0 Å². The lowest BCUT2D eigenvalue weighted by Crippen LogP contribution is -2.36. The van der Waals surface area contributed by atoms with Gasteiger partial charge >= 0.3 is 0 Å². The Morgan fingerprint density at radius 1 is 1.31 bits per heavy atom. The Hall–Kier alpha value is -1.22. The third-order valence-corrected chi connectivity index (χ3v) is 2.15. The van der Waals surface area contributed by atoms with E-state index in [1.807, 2.05) is 0 Å². The zero-order valence-electron chi connectivity index (χ0n) is 7.92. The fourth-order valence-electron chi connectivity index (χ4n) is 1.35. The molecule has 0 aromatic rings. The van der Waals surface area contributed by atoms with Crippen molar-refractivity contribution in [1.29, 1.82) is 0 Å². The summed E-state index contributed by atoms with van der Waals surface area (Å²) >= 11 is 0.